The van der Waals surface area contributed by atoms with E-state index >= 15 is 4.39 Å². The first-order valence-electron chi connectivity index (χ1n) is 20.4. The number of benzene rings is 1. The Morgan fingerprint density at radius 3 is 2.55 bits per heavy atom. The number of fused-ring (bicyclic) bond motifs is 6. The molecule has 2 unspecified atom stereocenters. The van der Waals surface area contributed by atoms with Crippen LogP contribution in [0.25, 0.3) is 10.9 Å². The molecule has 0 spiro atoms. The van der Waals surface area contributed by atoms with E-state index in [-0.39, 0.29) is 94.1 Å². The third-order valence-corrected chi connectivity index (χ3v) is 15.6. The van der Waals surface area contributed by atoms with E-state index in [1.807, 2.05) is 16.4 Å². The second kappa shape index (κ2) is 13.8. The van der Waals surface area contributed by atoms with Crippen molar-refractivity contribution in [3.8, 4) is 0 Å². The Kier molecular flexibility index (Phi) is 9.70. The van der Waals surface area contributed by atoms with Crippen LogP contribution in [-0.4, -0.2) is 69.8 Å². The molecule has 0 bridgehead atoms. The number of nitrogens with zero attached hydrogens (tertiary/aromatic N) is 2. The maximum atomic E-state index is 16.3. The molecule has 12 heteroatoms. The molecule has 1 aromatic carbocycles. The van der Waals surface area contributed by atoms with Crippen LogP contribution in [0.15, 0.2) is 16.4 Å². The average molecular weight is 780 g/mol. The predicted octanol–water partition coefficient (Wildman–Crippen LogP) is 6.41. The molecule has 5 aliphatic carbocycles. The summed E-state index contributed by atoms with van der Waals surface area (Å²) < 4.78 is 23.9. The number of Topliss-reactive ketones (excluding diaryl/α,β-unsaturated/α-hetero) is 1. The number of carbonyl (C=O) groups is 3. The van der Waals surface area contributed by atoms with Crippen LogP contribution >= 0.6 is 11.6 Å². The number of hydrogen-bond donors (Lipinski definition) is 3. The molecule has 6 aliphatic rings. The summed E-state index contributed by atoms with van der Waals surface area (Å²) in [5.74, 6) is -1.75. The number of pyridine rings is 1. The molecule has 2 heterocycles. The quantitative estimate of drug-likeness (QED) is 0.271. The highest BCUT2D eigenvalue weighted by Crippen LogP contribution is 2.67. The van der Waals surface area contributed by atoms with Crippen LogP contribution in [-0.2, 0) is 14.3 Å². The molecule has 10 nitrogen and oxygen atoms in total. The molecule has 8 rings (SSSR count). The van der Waals surface area contributed by atoms with Gasteiger partial charge in [-0.2, -0.15) is 0 Å². The molecule has 8 atom stereocenters. The topological polar surface area (TPSA) is 152 Å². The van der Waals surface area contributed by atoms with Crippen LogP contribution in [0.4, 0.5) is 10.1 Å². The fourth-order valence-electron chi connectivity index (χ4n) is 12.2. The smallest absolute Gasteiger partial charge is 0.343 e. The maximum absolute atomic E-state index is 16.3. The van der Waals surface area contributed by atoms with Gasteiger partial charge in [0.25, 0.3) is 0 Å². The van der Waals surface area contributed by atoms with E-state index in [0.29, 0.717) is 43.6 Å². The van der Waals surface area contributed by atoms with Gasteiger partial charge in [-0.05, 0) is 107 Å². The number of aliphatic hydroxyl groups excluding tert-OH is 1. The third kappa shape index (κ3) is 5.87. The van der Waals surface area contributed by atoms with Gasteiger partial charge in [0.2, 0.25) is 5.43 Å². The van der Waals surface area contributed by atoms with Crippen LogP contribution in [0.1, 0.15) is 125 Å². The van der Waals surface area contributed by atoms with E-state index in [2.05, 4.69) is 6.92 Å². The average Bonchev–Trinajstić information content (AvgIpc) is 3.95. The lowest BCUT2D eigenvalue weighted by Crippen LogP contribution is -2.61. The monoisotopic (exact) mass is 779 g/mol. The number of aryl methyl sites for hydroxylation is 1. The summed E-state index contributed by atoms with van der Waals surface area (Å²) in [5.41, 5.74) is 4.81. The largest absolute Gasteiger partial charge is 0.461 e. The number of allylic oxidation sites excluding steroid dienone is 1. The van der Waals surface area contributed by atoms with Crippen molar-refractivity contribution in [3.05, 3.63) is 49.5 Å². The molecule has 4 saturated carbocycles. The minimum atomic E-state index is -1.71. The van der Waals surface area contributed by atoms with Gasteiger partial charge in [-0.25, -0.2) is 9.18 Å². The minimum absolute atomic E-state index is 0.0154. The first-order chi connectivity index (χ1) is 26.0. The van der Waals surface area contributed by atoms with Crippen molar-refractivity contribution in [1.29, 1.82) is 0 Å². The van der Waals surface area contributed by atoms with E-state index < -0.39 is 40.1 Å². The van der Waals surface area contributed by atoms with Crippen LogP contribution in [0.5, 0.6) is 0 Å². The number of hydrogen-bond acceptors (Lipinski definition) is 9. The number of aromatic nitrogens is 1. The fraction of sp³-hybridized carbons (Fsp3) is 0.674. The summed E-state index contributed by atoms with van der Waals surface area (Å²) in [5, 5.41) is 24.1. The molecular weight excluding hydrogens is 725 g/mol. The van der Waals surface area contributed by atoms with E-state index in [0.717, 1.165) is 50.5 Å². The van der Waals surface area contributed by atoms with Gasteiger partial charge in [-0.3, -0.25) is 14.4 Å². The minimum Gasteiger partial charge on any atom is -0.461 e. The zero-order valence-corrected chi connectivity index (χ0v) is 33.3. The number of halogens is 2. The molecule has 4 N–H and O–H groups in total. The van der Waals surface area contributed by atoms with Crippen LogP contribution in [0, 0.1) is 48.2 Å². The Balaban J connectivity index is 1.03. The van der Waals surface area contributed by atoms with Gasteiger partial charge in [0.1, 0.15) is 11.2 Å². The van der Waals surface area contributed by atoms with Crippen molar-refractivity contribution >= 4 is 45.7 Å². The second-order valence-corrected chi connectivity index (χ2v) is 18.6. The number of anilines is 1. The van der Waals surface area contributed by atoms with Gasteiger partial charge in [-0.1, -0.05) is 37.4 Å². The summed E-state index contributed by atoms with van der Waals surface area (Å²) in [6, 6.07) is -0.161. The Morgan fingerprint density at radius 1 is 1.07 bits per heavy atom. The van der Waals surface area contributed by atoms with Crippen molar-refractivity contribution in [2.45, 2.75) is 135 Å². The van der Waals surface area contributed by atoms with Gasteiger partial charge in [0.15, 0.2) is 17.4 Å². The molecule has 5 fully saturated rings. The second-order valence-electron chi connectivity index (χ2n) is 18.2. The molecule has 0 amide bonds. The highest BCUT2D eigenvalue weighted by molar-refractivity contribution is 6.38. The molecule has 0 radical (unpaired) electrons. The zero-order chi connectivity index (χ0) is 39.4. The summed E-state index contributed by atoms with van der Waals surface area (Å²) >= 11 is 7.06. The first kappa shape index (κ1) is 38.7. The number of nitrogens with two attached hydrogens (primary N) is 1. The number of rotatable bonds is 7. The van der Waals surface area contributed by atoms with Crippen LogP contribution < -0.4 is 16.1 Å². The van der Waals surface area contributed by atoms with Crippen molar-refractivity contribution < 1.29 is 33.7 Å². The first-order valence-corrected chi connectivity index (χ1v) is 20.8. The van der Waals surface area contributed by atoms with Crippen molar-refractivity contribution in [3.63, 3.8) is 0 Å². The number of esters is 1. The van der Waals surface area contributed by atoms with E-state index in [1.54, 1.807) is 13.0 Å². The standard InChI is InChI=1S/C43H55ClFN3O7/c1-22-32-37(35(44)38(36(22)45)47-17-6-5-7-25(46)21-47)48(26-9-10-26)23(2)33(39(32)52)40(53)55-18-14-31(51)43(54)16-13-29-28-11-8-24-19-27(49)12-15-41(24,3)34(28)30(50)20-42(29,43)4/h19,25-26,28-30,34,50,54H,5-18,20-21,46H2,1-4H3/t25-,28+,29+,30?,34?,41+,42+,43+/m1/s1. The van der Waals surface area contributed by atoms with E-state index in [4.69, 9.17) is 22.1 Å². The number of carbonyl (C=O) groups excluding carboxylic acids is 3. The van der Waals surface area contributed by atoms with Crippen LogP contribution in [0.2, 0.25) is 5.02 Å². The molecule has 298 valence electrons. The van der Waals surface area contributed by atoms with Gasteiger partial charge in [0, 0.05) is 54.7 Å². The Hall–Kier alpha value is -3.12. The zero-order valence-electron chi connectivity index (χ0n) is 32.5. The molecule has 55 heavy (non-hydrogen) atoms. The highest BCUT2D eigenvalue weighted by atomic mass is 35.5. The Morgan fingerprint density at radius 2 is 1.82 bits per heavy atom. The lowest BCUT2D eigenvalue weighted by atomic mass is 9.45. The molecule has 2 aromatic rings. The summed E-state index contributed by atoms with van der Waals surface area (Å²) in [7, 11) is 0. The van der Waals surface area contributed by atoms with Gasteiger partial charge < -0.3 is 30.2 Å². The normalized spacial score (nSPS) is 34.8. The fourth-order valence-corrected chi connectivity index (χ4v) is 12.6. The highest BCUT2D eigenvalue weighted by Gasteiger charge is 2.68. The number of ether oxygens (including phenoxy) is 1. The Labute approximate surface area is 326 Å². The lowest BCUT2D eigenvalue weighted by Gasteiger charge is -2.60. The lowest BCUT2D eigenvalue weighted by molar-refractivity contribution is -0.181. The van der Waals surface area contributed by atoms with Gasteiger partial charge in [-0.15, -0.1) is 0 Å². The molecule has 1 saturated heterocycles. The van der Waals surface area contributed by atoms with Crippen LogP contribution in [0.3, 0.4) is 0 Å². The summed E-state index contributed by atoms with van der Waals surface area (Å²) in [4.78, 5) is 56.2. The van der Waals surface area contributed by atoms with Crippen molar-refractivity contribution in [2.24, 2.45) is 34.3 Å². The molecular formula is C43H55ClFN3O7. The summed E-state index contributed by atoms with van der Waals surface area (Å²) in [6.07, 6.45) is 8.89. The third-order valence-electron chi connectivity index (χ3n) is 15.2. The molecule has 1 aliphatic heterocycles. The predicted molar refractivity (Wildman–Crippen MR) is 208 cm³/mol. The van der Waals surface area contributed by atoms with Crippen molar-refractivity contribution in [1.82, 2.24) is 4.57 Å². The van der Waals surface area contributed by atoms with Gasteiger partial charge in [0.05, 0.1) is 34.3 Å². The Bertz CT molecular complexity index is 2080. The van der Waals surface area contributed by atoms with E-state index in [1.165, 1.54) is 6.92 Å². The van der Waals surface area contributed by atoms with Crippen molar-refractivity contribution in [2.75, 3.05) is 24.6 Å². The number of ketones is 2. The number of aliphatic hydroxyl groups is 2. The SMILES string of the molecule is Cc1c(F)c(N2CCCC[C@@H](N)C2)c(Cl)c2c1c(=O)c(C(=O)OCCC(=O)[C@@]1(O)CC[C@H]3[C@@H]4CCC5=CC(=O)CC[C@]5(C)C4C(O)C[C@@]31C)c(C)n2C1CC1. The maximum Gasteiger partial charge on any atom is 0.343 e. The van der Waals surface area contributed by atoms with Gasteiger partial charge >= 0.3 is 5.97 Å². The van der Waals surface area contributed by atoms with E-state index in [9.17, 15) is 29.4 Å². The summed E-state index contributed by atoms with van der Waals surface area (Å²) in [6.45, 7) is 7.98. The molecule has 1 aromatic heterocycles.